The van der Waals surface area contributed by atoms with E-state index in [1.807, 2.05) is 0 Å². The Kier molecular flexibility index (Phi) is 6.79. The van der Waals surface area contributed by atoms with Gasteiger partial charge in [0.05, 0.1) is 0 Å². The van der Waals surface area contributed by atoms with Crippen LogP contribution in [0.5, 0.6) is 0 Å². The fourth-order valence-electron chi connectivity index (χ4n) is 3.81. The highest BCUT2D eigenvalue weighted by Crippen LogP contribution is 2.48. The molecule has 0 N–H and O–H groups in total. The molecule has 0 saturated heterocycles. The van der Waals surface area contributed by atoms with Crippen molar-refractivity contribution in [3.63, 3.8) is 0 Å². The summed E-state index contributed by atoms with van der Waals surface area (Å²) in [6, 6.07) is 0. The largest absolute Gasteiger partial charge is 0.462 e. The van der Waals surface area contributed by atoms with E-state index in [0.29, 0.717) is 18.8 Å². The minimum atomic E-state index is -4.58. The zero-order valence-corrected chi connectivity index (χ0v) is 15.9. The first-order valence-corrected chi connectivity index (χ1v) is 9.11. The molecule has 1 saturated carbocycles. The Morgan fingerprint density at radius 2 is 1.58 bits per heavy atom. The highest BCUT2D eigenvalue weighted by molar-refractivity contribution is 5.78. The van der Waals surface area contributed by atoms with Crippen molar-refractivity contribution in [2.45, 2.75) is 92.3 Å². The van der Waals surface area contributed by atoms with Crippen molar-refractivity contribution in [1.29, 1.82) is 0 Å². The Morgan fingerprint density at radius 1 is 1.08 bits per heavy atom. The number of halogens is 3. The van der Waals surface area contributed by atoms with Gasteiger partial charge in [0.15, 0.2) is 5.41 Å². The van der Waals surface area contributed by atoms with Gasteiger partial charge in [-0.1, -0.05) is 41.5 Å². The van der Waals surface area contributed by atoms with Crippen molar-refractivity contribution >= 4 is 5.97 Å². The summed E-state index contributed by atoms with van der Waals surface area (Å²) in [5.41, 5.74) is -2.19. The maximum absolute atomic E-state index is 13.7. The minimum Gasteiger partial charge on any atom is -0.462 e. The van der Waals surface area contributed by atoms with Crippen molar-refractivity contribution in [2.24, 2.45) is 22.7 Å². The highest BCUT2D eigenvalue weighted by Gasteiger charge is 2.60. The van der Waals surface area contributed by atoms with E-state index in [2.05, 4.69) is 20.8 Å². The van der Waals surface area contributed by atoms with Crippen molar-refractivity contribution in [1.82, 2.24) is 0 Å². The second-order valence-electron chi connectivity index (χ2n) is 8.78. The van der Waals surface area contributed by atoms with Crippen LogP contribution in [-0.2, 0) is 9.53 Å². The second kappa shape index (κ2) is 7.65. The molecular formula is C19H33F3O2. The molecule has 2 nitrogen and oxygen atoms in total. The first kappa shape index (κ1) is 21.3. The molecule has 1 aliphatic rings. The normalized spacial score (nSPS) is 25.4. The van der Waals surface area contributed by atoms with E-state index in [1.54, 1.807) is 13.8 Å². The maximum atomic E-state index is 13.7. The van der Waals surface area contributed by atoms with E-state index in [9.17, 15) is 18.0 Å². The molecule has 1 aliphatic carbocycles. The standard InChI is InChI=1S/C19H33F3O2/c1-7-18(12-13(2)3,19(20,21)22)16(23)24-15-10-8-14(9-11-15)17(4,5)6/h13-15H,7-12H2,1-6H3. The van der Waals surface area contributed by atoms with Crippen molar-refractivity contribution < 1.29 is 22.7 Å². The third-order valence-electron chi connectivity index (χ3n) is 5.47. The molecule has 0 aromatic heterocycles. The number of carbonyl (C=O) groups excluding carboxylic acids is 1. The fourth-order valence-corrected chi connectivity index (χ4v) is 3.81. The van der Waals surface area contributed by atoms with E-state index in [0.717, 1.165) is 12.8 Å². The van der Waals surface area contributed by atoms with Gasteiger partial charge in [0.2, 0.25) is 0 Å². The molecule has 0 radical (unpaired) electrons. The molecule has 5 heteroatoms. The van der Waals surface area contributed by atoms with E-state index in [4.69, 9.17) is 4.74 Å². The molecular weight excluding hydrogens is 317 g/mol. The summed E-state index contributed by atoms with van der Waals surface area (Å²) in [4.78, 5) is 12.5. The lowest BCUT2D eigenvalue weighted by Crippen LogP contribution is -2.48. The lowest BCUT2D eigenvalue weighted by molar-refractivity contribution is -0.243. The Bertz CT molecular complexity index is 415. The molecule has 1 fully saturated rings. The van der Waals surface area contributed by atoms with Crippen molar-refractivity contribution in [3.05, 3.63) is 0 Å². The molecule has 1 rings (SSSR count). The van der Waals surface area contributed by atoms with Gasteiger partial charge in [-0.2, -0.15) is 13.2 Å². The van der Waals surface area contributed by atoms with Crippen LogP contribution in [-0.4, -0.2) is 18.2 Å². The molecule has 1 atom stereocenters. The average molecular weight is 350 g/mol. The second-order valence-corrected chi connectivity index (χ2v) is 8.78. The molecule has 0 bridgehead atoms. The van der Waals surface area contributed by atoms with E-state index in [1.165, 1.54) is 6.92 Å². The summed E-state index contributed by atoms with van der Waals surface area (Å²) in [6.45, 7) is 11.4. The summed E-state index contributed by atoms with van der Waals surface area (Å²) in [5.74, 6) is -0.775. The van der Waals surface area contributed by atoms with Gasteiger partial charge in [0, 0.05) is 0 Å². The van der Waals surface area contributed by atoms with Gasteiger partial charge in [-0.05, 0) is 55.8 Å². The highest BCUT2D eigenvalue weighted by atomic mass is 19.4. The Labute approximate surface area is 144 Å². The topological polar surface area (TPSA) is 26.3 Å². The van der Waals surface area contributed by atoms with Crippen LogP contribution in [0.25, 0.3) is 0 Å². The number of alkyl halides is 3. The summed E-state index contributed by atoms with van der Waals surface area (Å²) < 4.78 is 46.4. The summed E-state index contributed by atoms with van der Waals surface area (Å²) in [5, 5.41) is 0. The van der Waals surface area contributed by atoms with Crippen LogP contribution < -0.4 is 0 Å². The van der Waals surface area contributed by atoms with Gasteiger partial charge in [-0.3, -0.25) is 4.79 Å². The van der Waals surface area contributed by atoms with Crippen LogP contribution in [0.4, 0.5) is 13.2 Å². The lowest BCUT2D eigenvalue weighted by atomic mass is 9.71. The molecule has 0 aromatic rings. The molecule has 24 heavy (non-hydrogen) atoms. The smallest absolute Gasteiger partial charge is 0.404 e. The summed E-state index contributed by atoms with van der Waals surface area (Å²) >= 11 is 0. The van der Waals surface area contributed by atoms with Gasteiger partial charge in [-0.25, -0.2) is 0 Å². The first-order chi connectivity index (χ1) is 10.8. The van der Waals surface area contributed by atoms with Crippen molar-refractivity contribution in [3.8, 4) is 0 Å². The molecule has 1 unspecified atom stereocenters. The summed E-state index contributed by atoms with van der Waals surface area (Å²) in [7, 11) is 0. The third kappa shape index (κ3) is 4.89. The molecule has 0 heterocycles. The maximum Gasteiger partial charge on any atom is 0.404 e. The number of rotatable bonds is 5. The van der Waals surface area contributed by atoms with Gasteiger partial charge in [0.1, 0.15) is 6.10 Å². The Hall–Kier alpha value is -0.740. The van der Waals surface area contributed by atoms with Gasteiger partial charge >= 0.3 is 12.1 Å². The lowest BCUT2D eigenvalue weighted by Gasteiger charge is -2.39. The van der Waals surface area contributed by atoms with Gasteiger partial charge in [0.25, 0.3) is 0 Å². The third-order valence-corrected chi connectivity index (χ3v) is 5.47. The van der Waals surface area contributed by atoms with Crippen LogP contribution in [0.2, 0.25) is 0 Å². The molecule has 0 aromatic carbocycles. The number of hydrogen-bond acceptors (Lipinski definition) is 2. The number of esters is 1. The quantitative estimate of drug-likeness (QED) is 0.557. The molecule has 0 spiro atoms. The SMILES string of the molecule is CCC(CC(C)C)(C(=O)OC1CCC(C(C)(C)C)CC1)C(F)(F)F. The number of ether oxygens (including phenoxy) is 1. The van der Waals surface area contributed by atoms with Crippen LogP contribution in [0.15, 0.2) is 0 Å². The van der Waals surface area contributed by atoms with E-state index in [-0.39, 0.29) is 30.3 Å². The zero-order chi connectivity index (χ0) is 18.8. The Balaban J connectivity index is 2.80. The molecule has 0 aliphatic heterocycles. The number of hydrogen-bond donors (Lipinski definition) is 0. The summed E-state index contributed by atoms with van der Waals surface area (Å²) in [6.07, 6.45) is -2.33. The average Bonchev–Trinajstić information content (AvgIpc) is 2.42. The minimum absolute atomic E-state index is 0.186. The molecule has 142 valence electrons. The van der Waals surface area contributed by atoms with E-state index < -0.39 is 17.6 Å². The Morgan fingerprint density at radius 3 is 1.92 bits per heavy atom. The van der Waals surface area contributed by atoms with Crippen LogP contribution in [0.3, 0.4) is 0 Å². The predicted molar refractivity (Wildman–Crippen MR) is 89.5 cm³/mol. The van der Waals surface area contributed by atoms with Gasteiger partial charge in [-0.15, -0.1) is 0 Å². The van der Waals surface area contributed by atoms with E-state index >= 15 is 0 Å². The van der Waals surface area contributed by atoms with Crippen LogP contribution in [0.1, 0.15) is 80.1 Å². The van der Waals surface area contributed by atoms with Crippen LogP contribution in [0, 0.1) is 22.7 Å². The zero-order valence-electron chi connectivity index (χ0n) is 15.9. The van der Waals surface area contributed by atoms with Crippen molar-refractivity contribution in [2.75, 3.05) is 0 Å². The molecule has 0 amide bonds. The first-order valence-electron chi connectivity index (χ1n) is 9.11. The van der Waals surface area contributed by atoms with Crippen LogP contribution >= 0.6 is 0 Å². The predicted octanol–water partition coefficient (Wildman–Crippen LogP) is 6.14. The number of carbonyl (C=O) groups is 1. The fraction of sp³-hybridized carbons (Fsp3) is 0.947. The monoisotopic (exact) mass is 350 g/mol. The van der Waals surface area contributed by atoms with Gasteiger partial charge < -0.3 is 4.74 Å².